The summed E-state index contributed by atoms with van der Waals surface area (Å²) in [6, 6.07) is 10.5. The quantitative estimate of drug-likeness (QED) is 0.810. The molecule has 4 rings (SSSR count). The van der Waals surface area contributed by atoms with Gasteiger partial charge in [0.1, 0.15) is 6.26 Å². The summed E-state index contributed by atoms with van der Waals surface area (Å²) in [5.41, 5.74) is 1.82. The van der Waals surface area contributed by atoms with E-state index in [0.717, 1.165) is 31.9 Å². The Bertz CT molecular complexity index is 682. The first-order valence-corrected chi connectivity index (χ1v) is 9.14. The Balaban J connectivity index is 1.45. The predicted molar refractivity (Wildman–Crippen MR) is 93.1 cm³/mol. The van der Waals surface area contributed by atoms with Gasteiger partial charge in [-0.15, -0.1) is 0 Å². The van der Waals surface area contributed by atoms with E-state index in [0.29, 0.717) is 18.0 Å². The summed E-state index contributed by atoms with van der Waals surface area (Å²) >= 11 is 0. The molecular formula is C20H24N2O3. The molecule has 1 aliphatic carbocycles. The molecule has 25 heavy (non-hydrogen) atoms. The van der Waals surface area contributed by atoms with Crippen molar-refractivity contribution >= 4 is 5.91 Å². The Morgan fingerprint density at radius 1 is 1.24 bits per heavy atom. The summed E-state index contributed by atoms with van der Waals surface area (Å²) < 4.78 is 11.1. The summed E-state index contributed by atoms with van der Waals surface area (Å²) in [5, 5.41) is 3.65. The second kappa shape index (κ2) is 7.40. The molecule has 0 radical (unpaired) electrons. The van der Waals surface area contributed by atoms with Crippen molar-refractivity contribution in [1.29, 1.82) is 0 Å². The van der Waals surface area contributed by atoms with Crippen LogP contribution in [-0.2, 0) is 11.2 Å². The number of hydrogen-bond acceptors (Lipinski definition) is 4. The lowest BCUT2D eigenvalue weighted by Gasteiger charge is -2.38. The van der Waals surface area contributed by atoms with Gasteiger partial charge >= 0.3 is 0 Å². The number of carbonyl (C=O) groups is 1. The molecule has 1 aliphatic heterocycles. The number of piperidine rings is 1. The molecule has 2 atom stereocenters. The number of aromatic nitrogens is 1. The topological polar surface area (TPSA) is 55.6 Å². The van der Waals surface area contributed by atoms with Gasteiger partial charge < -0.3 is 14.2 Å². The molecule has 0 unspecified atom stereocenters. The van der Waals surface area contributed by atoms with E-state index in [2.05, 4.69) is 29.4 Å². The van der Waals surface area contributed by atoms with E-state index in [4.69, 9.17) is 9.26 Å². The highest BCUT2D eigenvalue weighted by Crippen LogP contribution is 2.32. The van der Waals surface area contributed by atoms with Crippen LogP contribution in [0.3, 0.4) is 0 Å². The maximum atomic E-state index is 12.6. The van der Waals surface area contributed by atoms with Crippen LogP contribution in [0, 0.1) is 11.8 Å². The van der Waals surface area contributed by atoms with E-state index in [1.54, 1.807) is 0 Å². The third-order valence-corrected chi connectivity index (χ3v) is 5.21. The summed E-state index contributed by atoms with van der Waals surface area (Å²) in [4.78, 5) is 14.5. The number of ether oxygens (including phenoxy) is 1. The fourth-order valence-corrected chi connectivity index (χ4v) is 3.56. The molecule has 5 nitrogen and oxygen atoms in total. The number of likely N-dealkylation sites (tertiary alicyclic amines) is 1. The van der Waals surface area contributed by atoms with Crippen molar-refractivity contribution < 1.29 is 14.1 Å². The standard InChI is InChI=1S/C20H24N2O3/c23-20(18-11-21-25-14-18)22-9-8-19(24-13-16-6-7-16)17(12-22)10-15-4-2-1-3-5-15/h1-5,11,14,16-17,19H,6-10,12-13H2/t17-,19+/m0/s1. The zero-order valence-corrected chi connectivity index (χ0v) is 14.3. The average molecular weight is 340 g/mol. The third kappa shape index (κ3) is 4.10. The number of rotatable bonds is 6. The molecule has 2 heterocycles. The van der Waals surface area contributed by atoms with Gasteiger partial charge in [-0.1, -0.05) is 35.5 Å². The molecule has 1 saturated carbocycles. The Labute approximate surface area is 147 Å². The Morgan fingerprint density at radius 2 is 2.08 bits per heavy atom. The van der Waals surface area contributed by atoms with Crippen molar-refractivity contribution in [3.8, 4) is 0 Å². The Morgan fingerprint density at radius 3 is 2.80 bits per heavy atom. The molecule has 2 aromatic rings. The van der Waals surface area contributed by atoms with Crippen LogP contribution in [0.1, 0.15) is 35.2 Å². The SMILES string of the molecule is O=C(c1cnoc1)N1CC[C@@H](OCC2CC2)[C@@H](Cc2ccccc2)C1. The Hall–Kier alpha value is -2.14. The zero-order chi connectivity index (χ0) is 17.1. The molecule has 2 fully saturated rings. The lowest BCUT2D eigenvalue weighted by molar-refractivity contribution is -0.0326. The molecule has 5 heteroatoms. The molecule has 0 bridgehead atoms. The van der Waals surface area contributed by atoms with E-state index in [1.165, 1.54) is 30.9 Å². The van der Waals surface area contributed by atoms with Crippen molar-refractivity contribution in [3.63, 3.8) is 0 Å². The van der Waals surface area contributed by atoms with Crippen LogP contribution in [0.25, 0.3) is 0 Å². The van der Waals surface area contributed by atoms with Crippen LogP contribution < -0.4 is 0 Å². The number of amides is 1. The van der Waals surface area contributed by atoms with Gasteiger partial charge in [0, 0.05) is 25.6 Å². The van der Waals surface area contributed by atoms with Crippen molar-refractivity contribution in [2.75, 3.05) is 19.7 Å². The van der Waals surface area contributed by atoms with E-state index >= 15 is 0 Å². The lowest BCUT2D eigenvalue weighted by Crippen LogP contribution is -2.47. The monoisotopic (exact) mass is 340 g/mol. The number of benzene rings is 1. The van der Waals surface area contributed by atoms with Crippen molar-refractivity contribution in [3.05, 3.63) is 53.9 Å². The van der Waals surface area contributed by atoms with Gasteiger partial charge in [0.2, 0.25) is 0 Å². The Kier molecular flexibility index (Phi) is 4.83. The number of carbonyl (C=O) groups excluding carboxylic acids is 1. The van der Waals surface area contributed by atoms with Gasteiger partial charge in [-0.2, -0.15) is 0 Å². The largest absolute Gasteiger partial charge is 0.377 e. The summed E-state index contributed by atoms with van der Waals surface area (Å²) in [7, 11) is 0. The summed E-state index contributed by atoms with van der Waals surface area (Å²) in [6.07, 6.45) is 7.56. The van der Waals surface area contributed by atoms with Gasteiger partial charge in [-0.05, 0) is 37.2 Å². The normalized spacial score (nSPS) is 23.6. The van der Waals surface area contributed by atoms with Gasteiger partial charge in [0.25, 0.3) is 5.91 Å². The maximum Gasteiger partial charge on any atom is 0.258 e. The van der Waals surface area contributed by atoms with Crippen molar-refractivity contribution in [2.24, 2.45) is 11.8 Å². The molecule has 132 valence electrons. The smallest absolute Gasteiger partial charge is 0.258 e. The molecule has 0 spiro atoms. The van der Waals surface area contributed by atoms with E-state index in [9.17, 15) is 4.79 Å². The molecule has 1 aromatic carbocycles. The average Bonchev–Trinajstić information content (AvgIpc) is 3.31. The zero-order valence-electron chi connectivity index (χ0n) is 14.3. The highest BCUT2D eigenvalue weighted by molar-refractivity contribution is 5.93. The highest BCUT2D eigenvalue weighted by Gasteiger charge is 2.34. The van der Waals surface area contributed by atoms with Gasteiger partial charge in [-0.25, -0.2) is 0 Å². The minimum atomic E-state index is -0.0000420. The van der Waals surface area contributed by atoms with Crippen LogP contribution in [0.2, 0.25) is 0 Å². The number of nitrogens with zero attached hydrogens (tertiary/aromatic N) is 2. The summed E-state index contributed by atoms with van der Waals surface area (Å²) in [6.45, 7) is 2.31. The first-order valence-electron chi connectivity index (χ1n) is 9.14. The minimum Gasteiger partial charge on any atom is -0.377 e. The molecule has 1 aromatic heterocycles. The number of hydrogen-bond donors (Lipinski definition) is 0. The van der Waals surface area contributed by atoms with Crippen LogP contribution in [0.5, 0.6) is 0 Å². The van der Waals surface area contributed by atoms with Crippen LogP contribution >= 0.6 is 0 Å². The van der Waals surface area contributed by atoms with Crippen LogP contribution in [0.4, 0.5) is 0 Å². The molecule has 1 amide bonds. The first kappa shape index (κ1) is 16.3. The van der Waals surface area contributed by atoms with Crippen molar-refractivity contribution in [1.82, 2.24) is 10.1 Å². The second-order valence-corrected chi connectivity index (χ2v) is 7.22. The van der Waals surface area contributed by atoms with Crippen LogP contribution in [-0.4, -0.2) is 41.8 Å². The van der Waals surface area contributed by atoms with E-state index < -0.39 is 0 Å². The predicted octanol–water partition coefficient (Wildman–Crippen LogP) is 3.17. The minimum absolute atomic E-state index is 0.0000420. The third-order valence-electron chi connectivity index (χ3n) is 5.21. The molecular weight excluding hydrogens is 316 g/mol. The second-order valence-electron chi connectivity index (χ2n) is 7.22. The highest BCUT2D eigenvalue weighted by atomic mass is 16.5. The van der Waals surface area contributed by atoms with E-state index in [-0.39, 0.29) is 12.0 Å². The van der Waals surface area contributed by atoms with Gasteiger partial charge in [-0.3, -0.25) is 4.79 Å². The molecule has 1 saturated heterocycles. The van der Waals surface area contributed by atoms with Gasteiger partial charge in [0.15, 0.2) is 0 Å². The maximum absolute atomic E-state index is 12.6. The van der Waals surface area contributed by atoms with Crippen LogP contribution in [0.15, 0.2) is 47.3 Å². The first-order chi connectivity index (χ1) is 12.3. The fraction of sp³-hybridized carbons (Fsp3) is 0.500. The fourth-order valence-electron chi connectivity index (χ4n) is 3.56. The molecule has 0 N–H and O–H groups in total. The van der Waals surface area contributed by atoms with Crippen molar-refractivity contribution in [2.45, 2.75) is 31.8 Å². The molecule has 2 aliphatic rings. The van der Waals surface area contributed by atoms with E-state index in [1.807, 2.05) is 11.0 Å². The summed E-state index contributed by atoms with van der Waals surface area (Å²) in [5.74, 6) is 1.08. The lowest BCUT2D eigenvalue weighted by atomic mass is 9.88. The van der Waals surface area contributed by atoms with Gasteiger partial charge in [0.05, 0.1) is 17.9 Å².